The largest absolute Gasteiger partial charge is 0.348 e. The van der Waals surface area contributed by atoms with Crippen LogP contribution in [0.25, 0.3) is 22.2 Å². The second kappa shape index (κ2) is 19.6. The fraction of sp³-hybridized carbons (Fsp3) is 0.314. The van der Waals surface area contributed by atoms with E-state index in [1.54, 1.807) is 36.8 Å². The third kappa shape index (κ3) is 9.67. The van der Waals surface area contributed by atoms with Gasteiger partial charge in [-0.1, -0.05) is 72.4 Å². The Balaban J connectivity index is 1.02. The molecule has 0 saturated heterocycles. The molecule has 346 valence electrons. The maximum Gasteiger partial charge on any atom is 0.348 e. The number of carbonyl (C=O) groups is 4. The molecule has 2 saturated carbocycles. The summed E-state index contributed by atoms with van der Waals surface area (Å²) < 4.78 is 0. The van der Waals surface area contributed by atoms with Gasteiger partial charge in [-0.2, -0.15) is 10.0 Å². The third-order valence-electron chi connectivity index (χ3n) is 12.8. The summed E-state index contributed by atoms with van der Waals surface area (Å²) in [5.41, 5.74) is 6.28. The van der Waals surface area contributed by atoms with Gasteiger partial charge in [-0.05, 0) is 101 Å². The van der Waals surface area contributed by atoms with Crippen LogP contribution in [0.1, 0.15) is 105 Å². The first-order chi connectivity index (χ1) is 33.1. The highest BCUT2D eigenvalue weighted by Gasteiger charge is 2.37. The number of urea groups is 2. The molecular weight excluding hydrogens is 895 g/mol. The Morgan fingerprint density at radius 3 is 1.99 bits per heavy atom. The van der Waals surface area contributed by atoms with Gasteiger partial charge in [-0.15, -0.1) is 11.3 Å². The molecule has 4 N–H and O–H groups in total. The molecule has 0 unspecified atom stereocenters. The van der Waals surface area contributed by atoms with E-state index in [4.69, 9.17) is 9.97 Å². The Hall–Kier alpha value is -7.11. The number of nitrogens with zero attached hydrogens (tertiary/aromatic N) is 7. The van der Waals surface area contributed by atoms with Crippen LogP contribution < -0.4 is 20.7 Å². The molecule has 0 bridgehead atoms. The topological polar surface area (TPSA) is 195 Å². The number of hydrogen-bond donors (Lipinski definition) is 4. The molecule has 68 heavy (non-hydrogen) atoms. The zero-order valence-corrected chi connectivity index (χ0v) is 39.5. The van der Waals surface area contributed by atoms with Crippen molar-refractivity contribution >= 4 is 90.1 Å². The number of carbonyl (C=O) groups excluding carboxylic acids is 4. The van der Waals surface area contributed by atoms with Crippen LogP contribution in [0.2, 0.25) is 0 Å². The number of rotatable bonds is 14. The minimum atomic E-state index is -0.748. The number of ketones is 2. The summed E-state index contributed by atoms with van der Waals surface area (Å²) in [5, 5.41) is 8.88. The van der Waals surface area contributed by atoms with Crippen LogP contribution in [0.4, 0.5) is 31.2 Å². The molecule has 5 aromatic heterocycles. The second-order valence-corrected chi connectivity index (χ2v) is 20.0. The van der Waals surface area contributed by atoms with Gasteiger partial charge in [0.2, 0.25) is 5.13 Å². The summed E-state index contributed by atoms with van der Waals surface area (Å²) in [6.07, 6.45) is 14.3. The summed E-state index contributed by atoms with van der Waals surface area (Å²) in [4.78, 5) is 90.9. The molecule has 2 fully saturated rings. The lowest BCUT2D eigenvalue weighted by atomic mass is 9.94. The van der Waals surface area contributed by atoms with Crippen LogP contribution in [0.5, 0.6) is 0 Å². The van der Waals surface area contributed by atoms with Crippen molar-refractivity contribution < 1.29 is 19.2 Å². The molecule has 8 aromatic rings. The van der Waals surface area contributed by atoms with Gasteiger partial charge in [-0.3, -0.25) is 14.9 Å². The average molecular weight is 946 g/mol. The van der Waals surface area contributed by atoms with Crippen molar-refractivity contribution in [3.8, 4) is 0 Å². The minimum Gasteiger partial charge on any atom is -0.342 e. The number of amides is 4. The number of benzene rings is 3. The van der Waals surface area contributed by atoms with E-state index < -0.39 is 12.1 Å². The molecular formula is C51H51N11O4S2. The summed E-state index contributed by atoms with van der Waals surface area (Å²) in [6.45, 7) is 3.82. The molecule has 0 spiro atoms. The monoisotopic (exact) mass is 945 g/mol. The lowest BCUT2D eigenvalue weighted by molar-refractivity contribution is 0.0916. The molecule has 0 radical (unpaired) electrons. The van der Waals surface area contributed by atoms with Crippen LogP contribution in [-0.4, -0.2) is 58.5 Å². The van der Waals surface area contributed by atoms with E-state index in [1.807, 2.05) is 68.4 Å². The number of aromatic nitrogens is 7. The Labute approximate surface area is 400 Å². The van der Waals surface area contributed by atoms with Gasteiger partial charge in [0.25, 0.3) is 0 Å². The molecule has 17 heteroatoms. The van der Waals surface area contributed by atoms with E-state index in [9.17, 15) is 9.59 Å². The number of Topliss-reactive ketones (excluding diaryl/α,β-unsaturated/α-hetero) is 2. The fourth-order valence-electron chi connectivity index (χ4n) is 9.31. The predicted molar refractivity (Wildman–Crippen MR) is 267 cm³/mol. The number of para-hydroxylation sites is 2. The standard InChI is InChI=1S/C51H51N11O4S2/c1-30-17-21-38(36(26-30)45(63)32-10-3-4-11-32)58-49(65)62(51-54-29-35(68-51)20-23-43-55-39-14-7-8-15-40(39)56-43)61(42-22-18-31(2)27-37(42)46(64)33-12-5-6-13-33)50(66)60-48-53-28-34(67-48)19-24-44-57-41-16-9-25-52-47(41)59-44/h7-9,14-18,21-22,25-29,32-33H,3-6,10-13,19-20,23-24H2,1-2H3,(H,55,56)(H,58,65)(H,52,57,59)(H,53,60,66). The molecule has 4 amide bonds. The van der Waals surface area contributed by atoms with Crippen molar-refractivity contribution in [3.05, 3.63) is 135 Å². The van der Waals surface area contributed by atoms with Gasteiger partial charge in [0.05, 0.1) is 27.9 Å². The SMILES string of the molecule is Cc1ccc(NC(=O)N(c2ncc(CCc3nc4ccccc4[nH]3)s2)N(C(=O)Nc2ncc(CCc3nc4ncccc4[nH]3)s2)c2ccc(C)cc2C(=O)C2CCCC2)c(C(=O)C2CCCC2)c1. The Morgan fingerprint density at radius 1 is 0.632 bits per heavy atom. The van der Waals surface area contributed by atoms with E-state index in [1.165, 1.54) is 32.7 Å². The quantitative estimate of drug-likeness (QED) is 0.0606. The summed E-state index contributed by atoms with van der Waals surface area (Å²) in [6, 6.07) is 20.9. The summed E-state index contributed by atoms with van der Waals surface area (Å²) >= 11 is 2.56. The molecule has 15 nitrogen and oxygen atoms in total. The Morgan fingerprint density at radius 2 is 1.25 bits per heavy atom. The molecule has 2 aliphatic rings. The van der Waals surface area contributed by atoms with E-state index in [0.29, 0.717) is 53.3 Å². The van der Waals surface area contributed by atoms with Gasteiger partial charge >= 0.3 is 12.1 Å². The molecule has 3 aromatic carbocycles. The average Bonchev–Trinajstić information content (AvgIpc) is 4.21. The summed E-state index contributed by atoms with van der Waals surface area (Å²) in [7, 11) is 0. The van der Waals surface area contributed by atoms with Gasteiger partial charge in [-0.25, -0.2) is 34.5 Å². The van der Waals surface area contributed by atoms with Crippen molar-refractivity contribution in [2.24, 2.45) is 11.8 Å². The van der Waals surface area contributed by atoms with Crippen LogP contribution in [0.3, 0.4) is 0 Å². The number of hydrazine groups is 1. The van der Waals surface area contributed by atoms with Gasteiger partial charge in [0, 0.05) is 64.1 Å². The summed E-state index contributed by atoms with van der Waals surface area (Å²) in [5.74, 6) is 1.10. The van der Waals surface area contributed by atoms with E-state index in [0.717, 1.165) is 100 Å². The highest BCUT2D eigenvalue weighted by atomic mass is 32.1. The zero-order chi connectivity index (χ0) is 46.7. The van der Waals surface area contributed by atoms with Crippen molar-refractivity contribution in [2.45, 2.75) is 90.9 Å². The van der Waals surface area contributed by atoms with E-state index in [-0.39, 0.29) is 34.2 Å². The maximum atomic E-state index is 15.4. The van der Waals surface area contributed by atoms with Crippen molar-refractivity contribution in [2.75, 3.05) is 20.7 Å². The zero-order valence-electron chi connectivity index (χ0n) is 37.9. The number of hydrogen-bond acceptors (Lipinski definition) is 11. The number of thiazole rings is 2. The highest BCUT2D eigenvalue weighted by molar-refractivity contribution is 7.16. The molecule has 0 aliphatic heterocycles. The van der Waals surface area contributed by atoms with Crippen molar-refractivity contribution in [1.29, 1.82) is 0 Å². The minimum absolute atomic E-state index is 0.0238. The number of nitrogens with one attached hydrogen (secondary N) is 4. The van der Waals surface area contributed by atoms with Crippen LogP contribution >= 0.6 is 22.7 Å². The number of aromatic amines is 2. The Bertz CT molecular complexity index is 3090. The number of aryl methyl sites for hydroxylation is 6. The van der Waals surface area contributed by atoms with Gasteiger partial charge < -0.3 is 15.3 Å². The van der Waals surface area contributed by atoms with Crippen LogP contribution in [0.15, 0.2) is 91.4 Å². The second-order valence-electron chi connectivity index (χ2n) is 17.7. The maximum absolute atomic E-state index is 15.4. The number of pyridine rings is 1. The number of imidazole rings is 2. The number of fused-ring (bicyclic) bond motifs is 2. The smallest absolute Gasteiger partial charge is 0.342 e. The molecule has 0 atom stereocenters. The normalized spacial score (nSPS) is 14.2. The first-order valence-corrected chi connectivity index (χ1v) is 24.9. The van der Waals surface area contributed by atoms with Crippen LogP contribution in [0, 0.1) is 25.7 Å². The fourth-order valence-corrected chi connectivity index (χ4v) is 11.0. The first kappa shape index (κ1) is 44.7. The highest BCUT2D eigenvalue weighted by Crippen LogP contribution is 2.37. The van der Waals surface area contributed by atoms with Gasteiger partial charge in [0.1, 0.15) is 11.6 Å². The van der Waals surface area contributed by atoms with Crippen LogP contribution in [-0.2, 0) is 25.7 Å². The lowest BCUT2D eigenvalue weighted by Crippen LogP contribution is -2.54. The lowest BCUT2D eigenvalue weighted by Gasteiger charge is -2.34. The molecule has 5 heterocycles. The number of anilines is 4. The Kier molecular flexibility index (Phi) is 12.9. The van der Waals surface area contributed by atoms with Crippen molar-refractivity contribution in [1.82, 2.24) is 34.9 Å². The number of H-pyrrole nitrogens is 2. The molecule has 10 rings (SSSR count). The van der Waals surface area contributed by atoms with E-state index in [2.05, 4.69) is 35.6 Å². The first-order valence-electron chi connectivity index (χ1n) is 23.3. The third-order valence-corrected chi connectivity index (χ3v) is 14.8. The molecule has 2 aliphatic carbocycles. The van der Waals surface area contributed by atoms with Gasteiger partial charge in [0.15, 0.2) is 22.3 Å². The van der Waals surface area contributed by atoms with E-state index >= 15 is 9.59 Å². The van der Waals surface area contributed by atoms with Crippen molar-refractivity contribution in [3.63, 3.8) is 0 Å². The predicted octanol–water partition coefficient (Wildman–Crippen LogP) is 11.4.